The quantitative estimate of drug-likeness (QED) is 0.836. The number of nitrogens with one attached hydrogen (secondary N) is 1. The van der Waals surface area contributed by atoms with Gasteiger partial charge in [0.2, 0.25) is 0 Å². The average Bonchev–Trinajstić information content (AvgIpc) is 2.99. The molecule has 2 aliphatic rings. The van der Waals surface area contributed by atoms with Crippen molar-refractivity contribution in [1.29, 1.82) is 0 Å². The summed E-state index contributed by atoms with van der Waals surface area (Å²) in [6, 6.07) is 2.19. The van der Waals surface area contributed by atoms with Crippen LogP contribution in [0, 0.1) is 0 Å². The van der Waals surface area contributed by atoms with Gasteiger partial charge in [0.1, 0.15) is 4.88 Å². The van der Waals surface area contributed by atoms with Crippen LogP contribution in [0.25, 0.3) is 0 Å². The van der Waals surface area contributed by atoms with Crippen molar-refractivity contribution in [3.63, 3.8) is 0 Å². The second-order valence-corrected chi connectivity index (χ2v) is 8.09. The Morgan fingerprint density at radius 1 is 1.04 bits per heavy atom. The first-order valence-corrected chi connectivity index (χ1v) is 10.1. The molecule has 4 nitrogen and oxygen atoms in total. The van der Waals surface area contributed by atoms with Gasteiger partial charge in [-0.3, -0.25) is 4.79 Å². The second kappa shape index (κ2) is 8.65. The monoisotopic (exact) mass is 349 g/mol. The third-order valence-corrected chi connectivity index (χ3v) is 6.22. The average molecular weight is 349 g/mol. The minimum Gasteiger partial charge on any atom is -0.451 e. The van der Waals surface area contributed by atoms with Gasteiger partial charge in [-0.1, -0.05) is 32.1 Å². The summed E-state index contributed by atoms with van der Waals surface area (Å²) in [5.74, 6) is -0.530. The number of carbonyl (C=O) groups excluding carboxylic acids is 2. The maximum absolute atomic E-state index is 12.2. The lowest BCUT2D eigenvalue weighted by molar-refractivity contribution is -0.125. The van der Waals surface area contributed by atoms with E-state index in [0.717, 1.165) is 25.7 Å². The highest BCUT2D eigenvalue weighted by atomic mass is 32.1. The van der Waals surface area contributed by atoms with Crippen molar-refractivity contribution < 1.29 is 14.3 Å². The summed E-state index contributed by atoms with van der Waals surface area (Å²) in [4.78, 5) is 26.2. The van der Waals surface area contributed by atoms with Crippen LogP contribution in [0.1, 0.15) is 77.9 Å². The normalized spacial score (nSPS) is 19.0. The van der Waals surface area contributed by atoms with E-state index in [1.807, 2.05) is 6.07 Å². The molecule has 0 radical (unpaired) electrons. The Balaban J connectivity index is 1.45. The Morgan fingerprint density at radius 2 is 1.75 bits per heavy atom. The fourth-order valence-electron chi connectivity index (χ4n) is 3.66. The van der Waals surface area contributed by atoms with E-state index in [0.29, 0.717) is 4.88 Å². The first-order valence-electron chi connectivity index (χ1n) is 9.30. The summed E-state index contributed by atoms with van der Waals surface area (Å²) >= 11 is 1.53. The van der Waals surface area contributed by atoms with Gasteiger partial charge in [-0.15, -0.1) is 11.3 Å². The summed E-state index contributed by atoms with van der Waals surface area (Å²) in [7, 11) is 0. The topological polar surface area (TPSA) is 55.4 Å². The Bertz CT molecular complexity index is 550. The molecule has 5 heteroatoms. The van der Waals surface area contributed by atoms with Crippen molar-refractivity contribution in [3.8, 4) is 0 Å². The lowest BCUT2D eigenvalue weighted by atomic mass is 9.97. The number of rotatable bonds is 4. The van der Waals surface area contributed by atoms with Crippen LogP contribution in [0.15, 0.2) is 6.07 Å². The van der Waals surface area contributed by atoms with E-state index < -0.39 is 0 Å². The Morgan fingerprint density at radius 3 is 2.50 bits per heavy atom. The molecule has 2 aliphatic carbocycles. The molecule has 1 amide bonds. The van der Waals surface area contributed by atoms with Crippen molar-refractivity contribution >= 4 is 23.2 Å². The Labute approximate surface area is 148 Å². The number of hydrogen-bond donors (Lipinski definition) is 1. The van der Waals surface area contributed by atoms with E-state index in [4.69, 9.17) is 4.74 Å². The summed E-state index contributed by atoms with van der Waals surface area (Å²) in [5, 5.41) is 3.03. The van der Waals surface area contributed by atoms with Crippen LogP contribution in [0.4, 0.5) is 0 Å². The third-order valence-electron chi connectivity index (χ3n) is 5.00. The van der Waals surface area contributed by atoms with Gasteiger partial charge < -0.3 is 10.1 Å². The molecule has 1 fully saturated rings. The van der Waals surface area contributed by atoms with Gasteiger partial charge >= 0.3 is 5.97 Å². The number of thiophene rings is 1. The summed E-state index contributed by atoms with van der Waals surface area (Å²) in [6.45, 7) is -0.169. The predicted molar refractivity (Wildman–Crippen MR) is 95.5 cm³/mol. The molecular formula is C19H27NO3S. The van der Waals surface area contributed by atoms with E-state index in [1.165, 1.54) is 66.7 Å². The van der Waals surface area contributed by atoms with E-state index in [1.54, 1.807) is 0 Å². The first-order chi connectivity index (χ1) is 11.7. The summed E-state index contributed by atoms with van der Waals surface area (Å²) < 4.78 is 5.22. The number of ether oxygens (including phenoxy) is 1. The number of fused-ring (bicyclic) bond motifs is 1. The molecule has 0 atom stereocenters. The van der Waals surface area contributed by atoms with Gasteiger partial charge in [0.15, 0.2) is 6.61 Å². The van der Waals surface area contributed by atoms with Crippen LogP contribution in [-0.4, -0.2) is 24.5 Å². The molecule has 1 saturated carbocycles. The minimum absolute atomic E-state index is 0.169. The van der Waals surface area contributed by atoms with Gasteiger partial charge in [-0.25, -0.2) is 4.79 Å². The largest absolute Gasteiger partial charge is 0.451 e. The molecule has 1 aromatic rings. The van der Waals surface area contributed by atoms with Crippen LogP contribution in [0.2, 0.25) is 0 Å². The lowest BCUT2D eigenvalue weighted by Gasteiger charge is -2.20. The smallest absolute Gasteiger partial charge is 0.348 e. The number of amides is 1. The number of aryl methyl sites for hydroxylation is 2. The van der Waals surface area contributed by atoms with Crippen LogP contribution < -0.4 is 5.32 Å². The van der Waals surface area contributed by atoms with Gasteiger partial charge in [0.25, 0.3) is 5.91 Å². The molecule has 0 saturated heterocycles. The molecule has 1 N–H and O–H groups in total. The highest BCUT2D eigenvalue weighted by Gasteiger charge is 2.20. The van der Waals surface area contributed by atoms with Gasteiger partial charge in [-0.05, 0) is 50.2 Å². The number of hydrogen-bond acceptors (Lipinski definition) is 4. The minimum atomic E-state index is -0.359. The molecule has 3 rings (SSSR count). The fraction of sp³-hybridized carbons (Fsp3) is 0.684. The van der Waals surface area contributed by atoms with Crippen LogP contribution in [0.3, 0.4) is 0 Å². The van der Waals surface area contributed by atoms with Crippen molar-refractivity contribution in [2.75, 3.05) is 6.61 Å². The molecule has 132 valence electrons. The number of carbonyl (C=O) groups is 2. The molecule has 0 unspecified atom stereocenters. The first kappa shape index (κ1) is 17.5. The molecule has 1 heterocycles. The SMILES string of the molecule is O=C(COC(=O)c1cc2c(s1)CCCC2)NC1CCCCCCC1. The molecule has 0 aromatic carbocycles. The van der Waals surface area contributed by atoms with Crippen LogP contribution >= 0.6 is 11.3 Å². The molecule has 0 spiro atoms. The third kappa shape index (κ3) is 4.82. The fourth-order valence-corrected chi connectivity index (χ4v) is 4.81. The standard InChI is InChI=1S/C19H27NO3S/c21-18(20-15-9-4-2-1-3-5-10-15)13-23-19(22)17-12-14-8-6-7-11-16(14)24-17/h12,15H,1-11,13H2,(H,20,21). The summed E-state index contributed by atoms with van der Waals surface area (Å²) in [5.41, 5.74) is 1.29. The summed E-state index contributed by atoms with van der Waals surface area (Å²) in [6.07, 6.45) is 12.8. The molecular weight excluding hydrogens is 322 g/mol. The van der Waals surface area contributed by atoms with E-state index in [-0.39, 0.29) is 24.5 Å². The van der Waals surface area contributed by atoms with Crippen molar-refractivity contribution in [3.05, 3.63) is 21.4 Å². The molecule has 1 aromatic heterocycles. The van der Waals surface area contributed by atoms with Gasteiger partial charge in [0.05, 0.1) is 0 Å². The zero-order valence-corrected chi connectivity index (χ0v) is 15.1. The zero-order valence-electron chi connectivity index (χ0n) is 14.3. The van der Waals surface area contributed by atoms with E-state index in [2.05, 4.69) is 5.32 Å². The second-order valence-electron chi connectivity index (χ2n) is 6.95. The van der Waals surface area contributed by atoms with Crippen molar-refractivity contribution in [2.24, 2.45) is 0 Å². The maximum atomic E-state index is 12.2. The number of esters is 1. The maximum Gasteiger partial charge on any atom is 0.348 e. The highest BCUT2D eigenvalue weighted by Crippen LogP contribution is 2.30. The lowest BCUT2D eigenvalue weighted by Crippen LogP contribution is -2.38. The van der Waals surface area contributed by atoms with E-state index >= 15 is 0 Å². The molecule has 24 heavy (non-hydrogen) atoms. The molecule has 0 aliphatic heterocycles. The van der Waals surface area contributed by atoms with Crippen LogP contribution in [-0.2, 0) is 22.4 Å². The molecule has 0 bridgehead atoms. The van der Waals surface area contributed by atoms with Gasteiger partial charge in [-0.2, -0.15) is 0 Å². The van der Waals surface area contributed by atoms with Crippen LogP contribution in [0.5, 0.6) is 0 Å². The Kier molecular flexibility index (Phi) is 6.30. The zero-order chi connectivity index (χ0) is 16.8. The van der Waals surface area contributed by atoms with Crippen molar-refractivity contribution in [1.82, 2.24) is 5.32 Å². The van der Waals surface area contributed by atoms with E-state index in [9.17, 15) is 9.59 Å². The highest BCUT2D eigenvalue weighted by molar-refractivity contribution is 7.14. The predicted octanol–water partition coefficient (Wildman–Crippen LogP) is 4.01. The van der Waals surface area contributed by atoms with Gasteiger partial charge in [0, 0.05) is 10.9 Å². The van der Waals surface area contributed by atoms with Crippen molar-refractivity contribution in [2.45, 2.75) is 76.7 Å². The Hall–Kier alpha value is -1.36.